The van der Waals surface area contributed by atoms with Crippen LogP contribution in [0.2, 0.25) is 5.02 Å². The van der Waals surface area contributed by atoms with Crippen molar-refractivity contribution >= 4 is 28.4 Å². The van der Waals surface area contributed by atoms with Gasteiger partial charge < -0.3 is 9.88 Å². The van der Waals surface area contributed by atoms with Gasteiger partial charge in [0.1, 0.15) is 5.69 Å². The zero-order valence-corrected chi connectivity index (χ0v) is 15.6. The minimum absolute atomic E-state index is 0.172. The molecule has 2 heterocycles. The number of nitrogens with one attached hydrogen (secondary N) is 1. The molecule has 4 aromatic rings. The van der Waals surface area contributed by atoms with E-state index in [2.05, 4.69) is 10.4 Å². The highest BCUT2D eigenvalue weighted by molar-refractivity contribution is 6.38. The van der Waals surface area contributed by atoms with Gasteiger partial charge in [0.15, 0.2) is 0 Å². The van der Waals surface area contributed by atoms with E-state index in [-0.39, 0.29) is 5.91 Å². The molecular formula is C21H19ClN4O. The Labute approximate surface area is 162 Å². The molecule has 0 unspecified atom stereocenters. The summed E-state index contributed by atoms with van der Waals surface area (Å²) in [7, 11) is 1.85. The van der Waals surface area contributed by atoms with Gasteiger partial charge in [-0.3, -0.25) is 4.79 Å². The molecule has 0 radical (unpaired) electrons. The molecule has 0 saturated heterocycles. The van der Waals surface area contributed by atoms with E-state index in [1.54, 1.807) is 0 Å². The van der Waals surface area contributed by atoms with Crippen molar-refractivity contribution in [2.45, 2.75) is 6.42 Å². The Morgan fingerprint density at radius 3 is 2.63 bits per heavy atom. The molecule has 0 spiro atoms. The maximum absolute atomic E-state index is 12.6. The van der Waals surface area contributed by atoms with E-state index in [0.29, 0.717) is 23.7 Å². The molecular weight excluding hydrogens is 360 g/mol. The Hall–Kier alpha value is -3.05. The van der Waals surface area contributed by atoms with Crippen LogP contribution in [-0.2, 0) is 13.5 Å². The first-order valence-corrected chi connectivity index (χ1v) is 9.13. The Bertz CT molecular complexity index is 1060. The first kappa shape index (κ1) is 17.4. The molecule has 1 amide bonds. The molecule has 5 nitrogen and oxygen atoms in total. The van der Waals surface area contributed by atoms with E-state index >= 15 is 0 Å². The lowest BCUT2D eigenvalue weighted by Gasteiger charge is -2.06. The number of para-hydroxylation sites is 2. The number of fused-ring (bicyclic) bond motifs is 1. The summed E-state index contributed by atoms with van der Waals surface area (Å²) in [6, 6.07) is 17.7. The number of hydrogen-bond acceptors (Lipinski definition) is 2. The van der Waals surface area contributed by atoms with Gasteiger partial charge >= 0.3 is 0 Å². The number of nitrogens with zero attached hydrogens (tertiary/aromatic N) is 3. The van der Waals surface area contributed by atoms with Gasteiger partial charge in [-0.2, -0.15) is 5.10 Å². The number of amides is 1. The number of rotatable bonds is 5. The average Bonchev–Trinajstić information content (AvgIpc) is 3.26. The summed E-state index contributed by atoms with van der Waals surface area (Å²) in [4.78, 5) is 12.6. The summed E-state index contributed by atoms with van der Waals surface area (Å²) in [5, 5.41) is 8.71. The maximum Gasteiger partial charge on any atom is 0.269 e. The zero-order valence-electron chi connectivity index (χ0n) is 14.9. The predicted octanol–water partition coefficient (Wildman–Crippen LogP) is 3.99. The van der Waals surface area contributed by atoms with Crippen LogP contribution in [0.4, 0.5) is 0 Å². The van der Waals surface area contributed by atoms with Crippen molar-refractivity contribution in [3.05, 3.63) is 83.3 Å². The summed E-state index contributed by atoms with van der Waals surface area (Å²) in [5.41, 5.74) is 3.49. The zero-order chi connectivity index (χ0) is 18.8. The average molecular weight is 379 g/mol. The standard InChI is InChI=1S/C21H19ClN4O/c1-25-18-10-6-5-9-17(18)19(22)20(25)21(27)23-12-11-15-13-24-26(14-15)16-7-3-2-4-8-16/h2-10,13-14H,11-12H2,1H3,(H,23,27). The van der Waals surface area contributed by atoms with Crippen LogP contribution in [-0.4, -0.2) is 26.8 Å². The molecule has 0 aliphatic carbocycles. The van der Waals surface area contributed by atoms with Gasteiger partial charge in [-0.05, 0) is 30.2 Å². The van der Waals surface area contributed by atoms with Gasteiger partial charge in [0.05, 0.1) is 16.9 Å². The minimum atomic E-state index is -0.172. The minimum Gasteiger partial charge on any atom is -0.350 e. The fourth-order valence-electron chi connectivity index (χ4n) is 3.21. The second-order valence-corrected chi connectivity index (χ2v) is 6.75. The van der Waals surface area contributed by atoms with Crippen LogP contribution in [0, 0.1) is 0 Å². The van der Waals surface area contributed by atoms with Gasteiger partial charge in [-0.1, -0.05) is 48.0 Å². The molecule has 6 heteroatoms. The van der Waals surface area contributed by atoms with Gasteiger partial charge in [0, 0.05) is 30.7 Å². The van der Waals surface area contributed by atoms with Crippen LogP contribution >= 0.6 is 11.6 Å². The lowest BCUT2D eigenvalue weighted by Crippen LogP contribution is -2.27. The molecule has 2 aromatic carbocycles. The molecule has 0 atom stereocenters. The Morgan fingerprint density at radius 1 is 1.11 bits per heavy atom. The highest BCUT2D eigenvalue weighted by Gasteiger charge is 2.19. The number of aryl methyl sites for hydroxylation is 1. The largest absolute Gasteiger partial charge is 0.350 e. The van der Waals surface area contributed by atoms with Crippen molar-refractivity contribution in [2.24, 2.45) is 7.05 Å². The quantitative estimate of drug-likeness (QED) is 0.571. The lowest BCUT2D eigenvalue weighted by atomic mass is 10.2. The van der Waals surface area contributed by atoms with E-state index < -0.39 is 0 Å². The number of carbonyl (C=O) groups is 1. The summed E-state index contributed by atoms with van der Waals surface area (Å²) in [6.45, 7) is 0.511. The number of hydrogen-bond donors (Lipinski definition) is 1. The van der Waals surface area contributed by atoms with Crippen LogP contribution in [0.15, 0.2) is 67.0 Å². The molecule has 1 N–H and O–H groups in total. The summed E-state index contributed by atoms with van der Waals surface area (Å²) < 4.78 is 3.67. The van der Waals surface area contributed by atoms with E-state index in [9.17, 15) is 4.79 Å². The smallest absolute Gasteiger partial charge is 0.269 e. The number of benzene rings is 2. The van der Waals surface area contributed by atoms with Crippen molar-refractivity contribution in [2.75, 3.05) is 6.54 Å². The molecule has 0 aliphatic rings. The van der Waals surface area contributed by atoms with E-state index in [4.69, 9.17) is 11.6 Å². The van der Waals surface area contributed by atoms with Crippen molar-refractivity contribution in [3.8, 4) is 5.69 Å². The number of aromatic nitrogens is 3. The van der Waals surface area contributed by atoms with Crippen molar-refractivity contribution in [1.82, 2.24) is 19.7 Å². The monoisotopic (exact) mass is 378 g/mol. The second-order valence-electron chi connectivity index (χ2n) is 6.37. The third kappa shape index (κ3) is 3.34. The SMILES string of the molecule is Cn1c(C(=O)NCCc2cnn(-c3ccccc3)c2)c(Cl)c2ccccc21. The highest BCUT2D eigenvalue weighted by Crippen LogP contribution is 2.29. The second kappa shape index (κ2) is 7.29. The van der Waals surface area contributed by atoms with Crippen LogP contribution in [0.5, 0.6) is 0 Å². The van der Waals surface area contributed by atoms with Crippen molar-refractivity contribution < 1.29 is 4.79 Å². The normalized spacial score (nSPS) is 11.0. The first-order chi connectivity index (χ1) is 13.1. The molecule has 2 aromatic heterocycles. The third-order valence-corrected chi connectivity index (χ3v) is 5.00. The first-order valence-electron chi connectivity index (χ1n) is 8.75. The molecule has 0 fully saturated rings. The van der Waals surface area contributed by atoms with Crippen LogP contribution in [0.3, 0.4) is 0 Å². The number of carbonyl (C=O) groups excluding carboxylic acids is 1. The third-order valence-electron chi connectivity index (χ3n) is 4.62. The molecule has 4 rings (SSSR count). The topological polar surface area (TPSA) is 51.9 Å². The van der Waals surface area contributed by atoms with Gasteiger partial charge in [0.25, 0.3) is 5.91 Å². The molecule has 0 saturated carbocycles. The van der Waals surface area contributed by atoms with Crippen molar-refractivity contribution in [1.29, 1.82) is 0 Å². The molecule has 0 bridgehead atoms. The maximum atomic E-state index is 12.6. The van der Waals surface area contributed by atoms with E-state index in [1.165, 1.54) is 0 Å². The van der Waals surface area contributed by atoms with Gasteiger partial charge in [-0.15, -0.1) is 0 Å². The van der Waals surface area contributed by atoms with E-state index in [1.807, 2.05) is 83.3 Å². The number of halogens is 1. The van der Waals surface area contributed by atoms with Gasteiger partial charge in [0.2, 0.25) is 0 Å². The Kier molecular flexibility index (Phi) is 4.69. The fraction of sp³-hybridized carbons (Fsp3) is 0.143. The predicted molar refractivity (Wildman–Crippen MR) is 108 cm³/mol. The van der Waals surface area contributed by atoms with Crippen molar-refractivity contribution in [3.63, 3.8) is 0 Å². The summed E-state index contributed by atoms with van der Waals surface area (Å²) in [5.74, 6) is -0.172. The summed E-state index contributed by atoms with van der Waals surface area (Å²) in [6.07, 6.45) is 4.49. The van der Waals surface area contributed by atoms with Gasteiger partial charge in [-0.25, -0.2) is 4.68 Å². The lowest BCUT2D eigenvalue weighted by molar-refractivity contribution is 0.0946. The molecule has 136 valence electrons. The fourth-order valence-corrected chi connectivity index (χ4v) is 3.59. The Morgan fingerprint density at radius 2 is 1.85 bits per heavy atom. The van der Waals surface area contributed by atoms with E-state index in [0.717, 1.165) is 22.2 Å². The van der Waals surface area contributed by atoms with Crippen LogP contribution < -0.4 is 5.32 Å². The van der Waals surface area contributed by atoms with Crippen LogP contribution in [0.1, 0.15) is 16.1 Å². The summed E-state index contributed by atoms with van der Waals surface area (Å²) >= 11 is 6.43. The molecule has 0 aliphatic heterocycles. The molecule has 27 heavy (non-hydrogen) atoms. The Balaban J connectivity index is 1.43. The highest BCUT2D eigenvalue weighted by atomic mass is 35.5. The van der Waals surface area contributed by atoms with Crippen LogP contribution in [0.25, 0.3) is 16.6 Å².